The zero-order valence-electron chi connectivity index (χ0n) is 16.7. The molecule has 1 amide bonds. The van der Waals surface area contributed by atoms with Gasteiger partial charge >= 0.3 is 13.3 Å². The Morgan fingerprint density at radius 3 is 2.07 bits per heavy atom. The molecule has 4 nitrogen and oxygen atoms in total. The SMILES string of the molecule is CN1C(=O)C(C)(C)C2=CC(B3OC(C)(C)C(C)(C)O3)C=CC(C(F)(F)F)=C21. The molecule has 1 atom stereocenters. The normalized spacial score (nSPS) is 29.2. The van der Waals surface area contributed by atoms with Crippen LogP contribution in [0.15, 0.2) is 35.1 Å². The highest BCUT2D eigenvalue weighted by atomic mass is 19.4. The molecule has 148 valence electrons. The average molecular weight is 383 g/mol. The molecule has 0 spiro atoms. The van der Waals surface area contributed by atoms with E-state index < -0.39 is 41.3 Å². The van der Waals surface area contributed by atoms with Gasteiger partial charge in [-0.1, -0.05) is 18.2 Å². The maximum Gasteiger partial charge on any atom is 0.469 e. The lowest BCUT2D eigenvalue weighted by atomic mass is 9.69. The number of fused-ring (bicyclic) bond motifs is 1. The molecule has 2 saturated heterocycles. The van der Waals surface area contributed by atoms with Crippen LogP contribution in [-0.2, 0) is 14.1 Å². The van der Waals surface area contributed by atoms with Gasteiger partial charge in [-0.2, -0.15) is 13.2 Å². The monoisotopic (exact) mass is 383 g/mol. The van der Waals surface area contributed by atoms with E-state index in [-0.39, 0.29) is 11.6 Å². The molecule has 3 aliphatic rings. The summed E-state index contributed by atoms with van der Waals surface area (Å²) in [5, 5.41) is 0. The summed E-state index contributed by atoms with van der Waals surface area (Å²) in [5.41, 5.74) is -2.82. The summed E-state index contributed by atoms with van der Waals surface area (Å²) in [6.07, 6.45) is -0.393. The second-order valence-corrected chi connectivity index (χ2v) is 8.89. The number of carbonyl (C=O) groups is 1. The second kappa shape index (κ2) is 5.73. The third kappa shape index (κ3) is 2.97. The Hall–Kier alpha value is -1.54. The van der Waals surface area contributed by atoms with Crippen molar-refractivity contribution in [2.45, 2.75) is 64.7 Å². The number of hydrogen-bond donors (Lipinski definition) is 0. The fraction of sp³-hybridized carbons (Fsp3) is 0.632. The third-order valence-electron chi connectivity index (χ3n) is 6.09. The van der Waals surface area contributed by atoms with Crippen molar-refractivity contribution in [3.8, 4) is 0 Å². The number of carbonyl (C=O) groups excluding carboxylic acids is 1. The van der Waals surface area contributed by atoms with Crippen LogP contribution in [0.4, 0.5) is 13.2 Å². The minimum absolute atomic E-state index is 0.0900. The Kier molecular flexibility index (Phi) is 4.29. The molecule has 0 saturated carbocycles. The van der Waals surface area contributed by atoms with E-state index in [2.05, 4.69) is 0 Å². The molecule has 0 aromatic rings. The van der Waals surface area contributed by atoms with E-state index in [0.29, 0.717) is 5.57 Å². The fourth-order valence-corrected chi connectivity index (χ4v) is 3.70. The number of rotatable bonds is 1. The minimum atomic E-state index is -4.58. The first-order valence-electron chi connectivity index (χ1n) is 8.96. The van der Waals surface area contributed by atoms with Crippen LogP contribution in [0.1, 0.15) is 41.5 Å². The summed E-state index contributed by atoms with van der Waals surface area (Å²) >= 11 is 0. The van der Waals surface area contributed by atoms with Crippen molar-refractivity contribution < 1.29 is 27.3 Å². The first kappa shape index (κ1) is 20.2. The molecule has 0 aromatic heterocycles. The highest BCUT2D eigenvalue weighted by molar-refractivity contribution is 6.49. The van der Waals surface area contributed by atoms with Crippen LogP contribution in [0.2, 0.25) is 5.82 Å². The van der Waals surface area contributed by atoms with Gasteiger partial charge in [-0.15, -0.1) is 0 Å². The van der Waals surface area contributed by atoms with Gasteiger partial charge in [-0.05, 0) is 47.1 Å². The summed E-state index contributed by atoms with van der Waals surface area (Å²) in [6, 6.07) is 0. The zero-order chi connectivity index (χ0) is 20.6. The van der Waals surface area contributed by atoms with Crippen molar-refractivity contribution in [1.29, 1.82) is 0 Å². The lowest BCUT2D eigenvalue weighted by molar-refractivity contribution is -0.132. The van der Waals surface area contributed by atoms with Crippen LogP contribution < -0.4 is 0 Å². The Morgan fingerprint density at radius 1 is 1.07 bits per heavy atom. The van der Waals surface area contributed by atoms with Crippen LogP contribution in [-0.4, -0.2) is 42.4 Å². The largest absolute Gasteiger partial charge is 0.469 e. The number of allylic oxidation sites excluding steroid dienone is 5. The predicted molar refractivity (Wildman–Crippen MR) is 96.7 cm³/mol. The molecule has 1 aliphatic carbocycles. The molecule has 0 aromatic carbocycles. The number of likely N-dealkylation sites (tertiary alicyclic amines) is 1. The van der Waals surface area contributed by atoms with E-state index in [1.54, 1.807) is 19.9 Å². The number of halogens is 3. The van der Waals surface area contributed by atoms with Crippen molar-refractivity contribution in [3.63, 3.8) is 0 Å². The Balaban J connectivity index is 2.12. The van der Waals surface area contributed by atoms with Crippen molar-refractivity contribution in [2.75, 3.05) is 7.05 Å². The van der Waals surface area contributed by atoms with Gasteiger partial charge in [0.05, 0.1) is 27.9 Å². The lowest BCUT2D eigenvalue weighted by Gasteiger charge is -2.32. The summed E-state index contributed by atoms with van der Waals surface area (Å²) in [6.45, 7) is 10.9. The summed E-state index contributed by atoms with van der Waals surface area (Å²) in [4.78, 5) is 13.7. The summed E-state index contributed by atoms with van der Waals surface area (Å²) < 4.78 is 53.2. The Labute approximate surface area is 158 Å². The molecular formula is C19H25BF3NO3. The van der Waals surface area contributed by atoms with Crippen LogP contribution >= 0.6 is 0 Å². The van der Waals surface area contributed by atoms with E-state index in [1.165, 1.54) is 13.1 Å². The first-order valence-corrected chi connectivity index (χ1v) is 8.96. The Bertz CT molecular complexity index is 762. The molecule has 3 rings (SSSR count). The number of alkyl halides is 3. The molecule has 2 heterocycles. The second-order valence-electron chi connectivity index (χ2n) is 8.89. The van der Waals surface area contributed by atoms with Gasteiger partial charge in [0, 0.05) is 12.9 Å². The van der Waals surface area contributed by atoms with E-state index >= 15 is 0 Å². The lowest BCUT2D eigenvalue weighted by Crippen LogP contribution is -2.41. The van der Waals surface area contributed by atoms with Gasteiger partial charge in [0.2, 0.25) is 5.91 Å². The van der Waals surface area contributed by atoms with Gasteiger partial charge < -0.3 is 14.2 Å². The van der Waals surface area contributed by atoms with Gasteiger partial charge in [0.25, 0.3) is 0 Å². The quantitative estimate of drug-likeness (QED) is 0.636. The van der Waals surface area contributed by atoms with Gasteiger partial charge in [-0.25, -0.2) is 0 Å². The Morgan fingerprint density at radius 2 is 1.59 bits per heavy atom. The van der Waals surface area contributed by atoms with Crippen LogP contribution in [0.25, 0.3) is 0 Å². The first-order chi connectivity index (χ1) is 12.1. The van der Waals surface area contributed by atoms with E-state index in [4.69, 9.17) is 9.31 Å². The topological polar surface area (TPSA) is 38.8 Å². The molecule has 2 aliphatic heterocycles. The number of likely N-dealkylation sites (N-methyl/N-ethyl adjacent to an activating group) is 1. The molecule has 2 fully saturated rings. The van der Waals surface area contributed by atoms with Crippen molar-refractivity contribution in [1.82, 2.24) is 4.90 Å². The van der Waals surface area contributed by atoms with Crippen LogP contribution in [0, 0.1) is 5.41 Å². The van der Waals surface area contributed by atoms with E-state index in [0.717, 1.165) is 11.0 Å². The highest BCUT2D eigenvalue weighted by Gasteiger charge is 2.55. The highest BCUT2D eigenvalue weighted by Crippen LogP contribution is 2.50. The summed E-state index contributed by atoms with van der Waals surface area (Å²) in [7, 11) is 0.652. The maximum absolute atomic E-state index is 13.7. The predicted octanol–water partition coefficient (Wildman–Crippen LogP) is 4.26. The fourth-order valence-electron chi connectivity index (χ4n) is 3.70. The zero-order valence-corrected chi connectivity index (χ0v) is 16.7. The molecule has 0 bridgehead atoms. The van der Waals surface area contributed by atoms with E-state index in [1.807, 2.05) is 27.7 Å². The van der Waals surface area contributed by atoms with Gasteiger partial charge in [0.15, 0.2) is 0 Å². The smallest absolute Gasteiger partial charge is 0.403 e. The van der Waals surface area contributed by atoms with Crippen LogP contribution in [0.5, 0.6) is 0 Å². The number of hydrogen-bond acceptors (Lipinski definition) is 3. The van der Waals surface area contributed by atoms with Gasteiger partial charge in [0.1, 0.15) is 0 Å². The van der Waals surface area contributed by atoms with E-state index in [9.17, 15) is 18.0 Å². The number of nitrogens with zero attached hydrogens (tertiary/aromatic N) is 1. The van der Waals surface area contributed by atoms with Gasteiger partial charge in [-0.3, -0.25) is 4.79 Å². The van der Waals surface area contributed by atoms with Crippen molar-refractivity contribution in [2.24, 2.45) is 5.41 Å². The molecule has 0 radical (unpaired) electrons. The minimum Gasteiger partial charge on any atom is -0.403 e. The average Bonchev–Trinajstić information content (AvgIpc) is 2.75. The number of amides is 1. The molecule has 27 heavy (non-hydrogen) atoms. The standard InChI is InChI=1S/C19H25BF3NO3/c1-16(2)13-10-11(20-26-17(3,4)18(5,6)27-20)8-9-12(19(21,22)23)14(13)24(7)15(16)25/h8-11H,1-7H3. The van der Waals surface area contributed by atoms with Crippen molar-refractivity contribution in [3.05, 3.63) is 35.1 Å². The third-order valence-corrected chi connectivity index (χ3v) is 6.09. The molecular weight excluding hydrogens is 358 g/mol. The maximum atomic E-state index is 13.7. The van der Waals surface area contributed by atoms with Crippen LogP contribution in [0.3, 0.4) is 0 Å². The molecule has 1 unspecified atom stereocenters. The molecule has 0 N–H and O–H groups in total. The summed E-state index contributed by atoms with van der Waals surface area (Å²) in [5.74, 6) is -0.914. The van der Waals surface area contributed by atoms with Crippen molar-refractivity contribution >= 4 is 13.0 Å². The molecule has 8 heteroatoms.